The van der Waals surface area contributed by atoms with Crippen molar-refractivity contribution in [2.45, 2.75) is 51.6 Å². The van der Waals surface area contributed by atoms with E-state index in [-0.39, 0.29) is 23.1 Å². The van der Waals surface area contributed by atoms with Crippen LogP contribution < -0.4 is 0 Å². The number of para-hydroxylation sites is 2. The molecule has 1 aromatic heterocycles. The van der Waals surface area contributed by atoms with E-state index in [2.05, 4.69) is 55.7 Å². The molecule has 1 saturated heterocycles. The summed E-state index contributed by atoms with van der Waals surface area (Å²) < 4.78 is 15.5. The molecule has 0 saturated carbocycles. The fourth-order valence-electron chi connectivity index (χ4n) is 4.77. The highest BCUT2D eigenvalue weighted by molar-refractivity contribution is 5.81. The lowest BCUT2D eigenvalue weighted by Gasteiger charge is -2.20. The number of fused-ring (bicyclic) bond motifs is 1. The zero-order chi connectivity index (χ0) is 23.9. The molecule has 0 radical (unpaired) electrons. The molecule has 1 atom stereocenters. The summed E-state index contributed by atoms with van der Waals surface area (Å²) in [7, 11) is 0. The second-order valence-corrected chi connectivity index (χ2v) is 10.3. The quantitative estimate of drug-likeness (QED) is 0.368. The minimum absolute atomic E-state index is 0.0224. The number of carbonyl (C=O) groups excluding carboxylic acids is 1. The second kappa shape index (κ2) is 8.71. The zero-order valence-corrected chi connectivity index (χ0v) is 20.0. The van der Waals surface area contributed by atoms with Crippen LogP contribution in [0.1, 0.15) is 55.6 Å². The SMILES string of the molecule is CC(C)(C)c1ccc(Cn2c(C3CC(=O)N(Cc4ccc(F)cc4)C3)nc3ccccc32)cc1. The van der Waals surface area contributed by atoms with Gasteiger partial charge in [-0.1, -0.05) is 69.3 Å². The van der Waals surface area contributed by atoms with Crippen molar-refractivity contribution in [1.29, 1.82) is 0 Å². The molecule has 1 aliphatic rings. The predicted octanol–water partition coefficient (Wildman–Crippen LogP) is 6.04. The van der Waals surface area contributed by atoms with Crippen molar-refractivity contribution in [3.63, 3.8) is 0 Å². The number of amides is 1. The zero-order valence-electron chi connectivity index (χ0n) is 20.0. The van der Waals surface area contributed by atoms with Crippen LogP contribution in [0.25, 0.3) is 11.0 Å². The Morgan fingerprint density at radius 1 is 0.912 bits per heavy atom. The van der Waals surface area contributed by atoms with Crippen molar-refractivity contribution >= 4 is 16.9 Å². The first kappa shape index (κ1) is 22.3. The van der Waals surface area contributed by atoms with Crippen LogP contribution in [0, 0.1) is 5.82 Å². The van der Waals surface area contributed by atoms with Crippen molar-refractivity contribution in [3.8, 4) is 0 Å². The summed E-state index contributed by atoms with van der Waals surface area (Å²) >= 11 is 0. The molecule has 0 aliphatic carbocycles. The van der Waals surface area contributed by atoms with Gasteiger partial charge in [0.2, 0.25) is 5.91 Å². The fourth-order valence-corrected chi connectivity index (χ4v) is 4.77. The van der Waals surface area contributed by atoms with Crippen LogP contribution in [0.4, 0.5) is 4.39 Å². The third kappa shape index (κ3) is 4.47. The molecule has 3 aromatic carbocycles. The number of hydrogen-bond donors (Lipinski definition) is 0. The van der Waals surface area contributed by atoms with Gasteiger partial charge in [0.15, 0.2) is 0 Å². The van der Waals surface area contributed by atoms with Gasteiger partial charge in [0.25, 0.3) is 0 Å². The highest BCUT2D eigenvalue weighted by Crippen LogP contribution is 2.32. The first-order chi connectivity index (χ1) is 16.3. The number of benzene rings is 3. The molecule has 1 aliphatic heterocycles. The van der Waals surface area contributed by atoms with Crippen LogP contribution in [0.2, 0.25) is 0 Å². The maximum Gasteiger partial charge on any atom is 0.223 e. The molecule has 0 spiro atoms. The smallest absolute Gasteiger partial charge is 0.223 e. The van der Waals surface area contributed by atoms with Crippen molar-refractivity contribution < 1.29 is 9.18 Å². The molecule has 1 fully saturated rings. The summed E-state index contributed by atoms with van der Waals surface area (Å²) in [6, 6.07) is 23.3. The minimum Gasteiger partial charge on any atom is -0.338 e. The lowest BCUT2D eigenvalue weighted by molar-refractivity contribution is -0.128. The number of nitrogens with zero attached hydrogens (tertiary/aromatic N) is 3. The maximum atomic E-state index is 13.3. The van der Waals surface area contributed by atoms with Gasteiger partial charge < -0.3 is 9.47 Å². The average molecular weight is 456 g/mol. The van der Waals surface area contributed by atoms with E-state index in [1.54, 1.807) is 12.1 Å². The Labute approximate surface area is 200 Å². The topological polar surface area (TPSA) is 38.1 Å². The molecule has 4 nitrogen and oxygen atoms in total. The van der Waals surface area contributed by atoms with E-state index >= 15 is 0 Å². The number of carbonyl (C=O) groups is 1. The van der Waals surface area contributed by atoms with E-state index in [1.807, 2.05) is 23.1 Å². The summed E-state index contributed by atoms with van der Waals surface area (Å²) in [5.74, 6) is 0.825. The second-order valence-electron chi connectivity index (χ2n) is 10.3. The molecular weight excluding hydrogens is 425 g/mol. The van der Waals surface area contributed by atoms with Gasteiger partial charge in [-0.25, -0.2) is 9.37 Å². The van der Waals surface area contributed by atoms with Gasteiger partial charge >= 0.3 is 0 Å². The van der Waals surface area contributed by atoms with Crippen LogP contribution in [-0.2, 0) is 23.3 Å². The van der Waals surface area contributed by atoms with E-state index in [0.717, 1.165) is 22.4 Å². The van der Waals surface area contributed by atoms with Gasteiger partial charge in [-0.2, -0.15) is 0 Å². The van der Waals surface area contributed by atoms with E-state index in [9.17, 15) is 9.18 Å². The van der Waals surface area contributed by atoms with Gasteiger partial charge in [-0.15, -0.1) is 0 Å². The molecule has 5 heteroatoms. The van der Waals surface area contributed by atoms with Gasteiger partial charge in [-0.05, 0) is 46.4 Å². The molecule has 174 valence electrons. The normalized spacial score (nSPS) is 16.5. The standard InChI is InChI=1S/C29H30FN3O/c1-29(2,3)23-12-8-21(9-13-23)18-33-26-7-5-4-6-25(26)31-28(33)22-16-27(34)32(19-22)17-20-10-14-24(30)15-11-20/h4-15,22H,16-19H2,1-3H3. The molecule has 4 aromatic rings. The molecule has 1 unspecified atom stereocenters. The van der Waals surface area contributed by atoms with Crippen molar-refractivity contribution in [2.24, 2.45) is 0 Å². The highest BCUT2D eigenvalue weighted by Gasteiger charge is 2.34. The Bertz CT molecular complexity index is 1320. The summed E-state index contributed by atoms with van der Waals surface area (Å²) in [6.07, 6.45) is 0.438. The third-order valence-corrected chi connectivity index (χ3v) is 6.71. The van der Waals surface area contributed by atoms with Crippen molar-refractivity contribution in [3.05, 3.63) is 101 Å². The Morgan fingerprint density at radius 3 is 2.26 bits per heavy atom. The maximum absolute atomic E-state index is 13.3. The van der Waals surface area contributed by atoms with Crippen LogP contribution in [-0.4, -0.2) is 26.9 Å². The molecule has 5 rings (SSSR count). The molecule has 0 N–H and O–H groups in total. The number of imidazole rings is 1. The van der Waals surface area contributed by atoms with Crippen molar-refractivity contribution in [2.75, 3.05) is 6.54 Å². The predicted molar refractivity (Wildman–Crippen MR) is 133 cm³/mol. The Hall–Kier alpha value is -3.47. The lowest BCUT2D eigenvalue weighted by Crippen LogP contribution is -2.24. The van der Waals surface area contributed by atoms with Gasteiger partial charge in [0.05, 0.1) is 11.0 Å². The number of halogens is 1. The number of rotatable bonds is 5. The van der Waals surface area contributed by atoms with E-state index in [4.69, 9.17) is 4.98 Å². The third-order valence-electron chi connectivity index (χ3n) is 6.71. The number of hydrogen-bond acceptors (Lipinski definition) is 2. The van der Waals surface area contributed by atoms with Crippen LogP contribution in [0.15, 0.2) is 72.8 Å². The summed E-state index contributed by atoms with van der Waals surface area (Å²) in [4.78, 5) is 19.7. The van der Waals surface area contributed by atoms with Crippen LogP contribution in [0.5, 0.6) is 0 Å². The first-order valence-corrected chi connectivity index (χ1v) is 11.8. The van der Waals surface area contributed by atoms with Gasteiger partial charge in [0.1, 0.15) is 11.6 Å². The Kier molecular flexibility index (Phi) is 5.72. The van der Waals surface area contributed by atoms with Gasteiger partial charge in [0, 0.05) is 32.0 Å². The highest BCUT2D eigenvalue weighted by atomic mass is 19.1. The van der Waals surface area contributed by atoms with Crippen molar-refractivity contribution in [1.82, 2.24) is 14.5 Å². The number of likely N-dealkylation sites (tertiary alicyclic amines) is 1. The molecule has 34 heavy (non-hydrogen) atoms. The summed E-state index contributed by atoms with van der Waals surface area (Å²) in [5, 5.41) is 0. The fraction of sp³-hybridized carbons (Fsp3) is 0.310. The van der Waals surface area contributed by atoms with Crippen LogP contribution >= 0.6 is 0 Å². The molecule has 1 amide bonds. The first-order valence-electron chi connectivity index (χ1n) is 11.8. The van der Waals surface area contributed by atoms with Crippen LogP contribution in [0.3, 0.4) is 0 Å². The monoisotopic (exact) mass is 455 g/mol. The Morgan fingerprint density at radius 2 is 1.56 bits per heavy atom. The average Bonchev–Trinajstić information content (AvgIpc) is 3.35. The number of aromatic nitrogens is 2. The van der Waals surface area contributed by atoms with Gasteiger partial charge in [-0.3, -0.25) is 4.79 Å². The lowest BCUT2D eigenvalue weighted by atomic mass is 9.87. The summed E-state index contributed by atoms with van der Waals surface area (Å²) in [6.45, 7) is 8.48. The largest absolute Gasteiger partial charge is 0.338 e. The minimum atomic E-state index is -0.265. The molecule has 0 bridgehead atoms. The summed E-state index contributed by atoms with van der Waals surface area (Å²) in [5.41, 5.74) is 5.61. The molecular formula is C29H30FN3O. The van der Waals surface area contributed by atoms with E-state index in [1.165, 1.54) is 23.3 Å². The Balaban J connectivity index is 1.43. The van der Waals surface area contributed by atoms with E-state index in [0.29, 0.717) is 26.1 Å². The van der Waals surface area contributed by atoms with E-state index < -0.39 is 0 Å². The molecule has 2 heterocycles.